The van der Waals surface area contributed by atoms with Crippen molar-refractivity contribution in [2.24, 2.45) is 5.73 Å². The van der Waals surface area contributed by atoms with E-state index in [2.05, 4.69) is 14.9 Å². The number of hydrogen-bond acceptors (Lipinski definition) is 4. The third-order valence-corrected chi connectivity index (χ3v) is 4.74. The monoisotopic (exact) mass is 294 g/mol. The van der Waals surface area contributed by atoms with Gasteiger partial charge in [-0.05, 0) is 19.4 Å². The molecule has 0 saturated carbocycles. The summed E-state index contributed by atoms with van der Waals surface area (Å²) in [6, 6.07) is 8.97. The standard InChI is InChI=1S/C13H18N4O2S/c1-9-13(10(2)17-16-9)20(18,19)15-8-12(14)11-6-4-3-5-7-11/h3-7,12,15H,8,14H2,1-2H3,(H,16,17)/t12-/m0/s1. The van der Waals surface area contributed by atoms with E-state index in [9.17, 15) is 8.42 Å². The van der Waals surface area contributed by atoms with Gasteiger partial charge < -0.3 is 5.73 Å². The third kappa shape index (κ3) is 3.06. The molecule has 7 heteroatoms. The van der Waals surface area contributed by atoms with Crippen molar-refractivity contribution in [1.82, 2.24) is 14.9 Å². The van der Waals surface area contributed by atoms with Gasteiger partial charge in [-0.15, -0.1) is 0 Å². The fourth-order valence-corrected chi connectivity index (χ4v) is 3.45. The van der Waals surface area contributed by atoms with Crippen molar-refractivity contribution < 1.29 is 8.42 Å². The van der Waals surface area contributed by atoms with Gasteiger partial charge in [0.25, 0.3) is 0 Å². The van der Waals surface area contributed by atoms with Gasteiger partial charge in [-0.3, -0.25) is 5.10 Å². The van der Waals surface area contributed by atoms with E-state index in [0.717, 1.165) is 5.56 Å². The molecule has 20 heavy (non-hydrogen) atoms. The molecule has 2 rings (SSSR count). The van der Waals surface area contributed by atoms with Gasteiger partial charge in [-0.25, -0.2) is 13.1 Å². The summed E-state index contributed by atoms with van der Waals surface area (Å²) < 4.78 is 27.0. The molecule has 1 aromatic heterocycles. The summed E-state index contributed by atoms with van der Waals surface area (Å²) in [5, 5.41) is 6.55. The van der Waals surface area contributed by atoms with Gasteiger partial charge >= 0.3 is 0 Å². The van der Waals surface area contributed by atoms with Gasteiger partial charge in [0.15, 0.2) is 0 Å². The third-order valence-electron chi connectivity index (χ3n) is 3.05. The average molecular weight is 294 g/mol. The summed E-state index contributed by atoms with van der Waals surface area (Å²) in [6.07, 6.45) is 0. The average Bonchev–Trinajstić information content (AvgIpc) is 2.77. The van der Waals surface area contributed by atoms with Crippen molar-refractivity contribution in [3.63, 3.8) is 0 Å². The highest BCUT2D eigenvalue weighted by Gasteiger charge is 2.22. The first-order chi connectivity index (χ1) is 9.42. The maximum atomic E-state index is 12.2. The van der Waals surface area contributed by atoms with Crippen molar-refractivity contribution in [3.05, 3.63) is 47.3 Å². The highest BCUT2D eigenvalue weighted by molar-refractivity contribution is 7.89. The van der Waals surface area contributed by atoms with Crippen LogP contribution in [0.1, 0.15) is 23.0 Å². The van der Waals surface area contributed by atoms with Crippen LogP contribution < -0.4 is 10.5 Å². The molecule has 0 aliphatic heterocycles. The Morgan fingerprint density at radius 2 is 1.95 bits per heavy atom. The predicted molar refractivity (Wildman–Crippen MR) is 76.6 cm³/mol. The zero-order valence-corrected chi connectivity index (χ0v) is 12.2. The molecular formula is C13H18N4O2S. The Kier molecular flexibility index (Phi) is 4.22. The van der Waals surface area contributed by atoms with Crippen LogP contribution in [0.3, 0.4) is 0 Å². The topological polar surface area (TPSA) is 101 Å². The van der Waals surface area contributed by atoms with Crippen molar-refractivity contribution >= 4 is 10.0 Å². The molecule has 0 aliphatic rings. The number of aryl methyl sites for hydroxylation is 2. The number of aromatic nitrogens is 2. The van der Waals surface area contributed by atoms with Crippen molar-refractivity contribution in [2.45, 2.75) is 24.8 Å². The Balaban J connectivity index is 2.11. The summed E-state index contributed by atoms with van der Waals surface area (Å²) in [4.78, 5) is 0.192. The van der Waals surface area contributed by atoms with Crippen LogP contribution in [0.2, 0.25) is 0 Å². The summed E-state index contributed by atoms with van der Waals surface area (Å²) in [5.41, 5.74) is 7.83. The molecule has 1 atom stereocenters. The minimum atomic E-state index is -3.61. The van der Waals surface area contributed by atoms with Gasteiger partial charge in [-0.2, -0.15) is 5.10 Å². The van der Waals surface area contributed by atoms with Crippen LogP contribution in [0.15, 0.2) is 35.2 Å². The SMILES string of the molecule is Cc1n[nH]c(C)c1S(=O)(=O)NC[C@H](N)c1ccccc1. The van der Waals surface area contributed by atoms with Gasteiger partial charge in [0.1, 0.15) is 4.90 Å². The smallest absolute Gasteiger partial charge is 0.244 e. The Hall–Kier alpha value is -1.70. The zero-order valence-electron chi connectivity index (χ0n) is 11.4. The van der Waals surface area contributed by atoms with E-state index in [1.165, 1.54) is 0 Å². The molecule has 0 bridgehead atoms. The first kappa shape index (κ1) is 14.7. The molecular weight excluding hydrogens is 276 g/mol. The van der Waals surface area contributed by atoms with Crippen LogP contribution in [0.4, 0.5) is 0 Å². The van der Waals surface area contributed by atoms with E-state index in [1.54, 1.807) is 13.8 Å². The highest BCUT2D eigenvalue weighted by Crippen LogP contribution is 2.17. The van der Waals surface area contributed by atoms with E-state index in [0.29, 0.717) is 11.4 Å². The molecule has 0 saturated heterocycles. The van der Waals surface area contributed by atoms with E-state index < -0.39 is 16.1 Å². The highest BCUT2D eigenvalue weighted by atomic mass is 32.2. The molecule has 1 aromatic carbocycles. The number of sulfonamides is 1. The molecule has 108 valence electrons. The normalized spacial score (nSPS) is 13.3. The summed E-state index contributed by atoms with van der Waals surface area (Å²) in [7, 11) is -3.61. The fourth-order valence-electron chi connectivity index (χ4n) is 2.03. The summed E-state index contributed by atoms with van der Waals surface area (Å²) in [6.45, 7) is 3.46. The molecule has 4 N–H and O–H groups in total. The lowest BCUT2D eigenvalue weighted by Crippen LogP contribution is -2.32. The number of nitrogens with two attached hydrogens (primary N) is 1. The second-order valence-electron chi connectivity index (χ2n) is 4.63. The van der Waals surface area contributed by atoms with Crippen LogP contribution >= 0.6 is 0 Å². The van der Waals surface area contributed by atoms with Crippen molar-refractivity contribution in [3.8, 4) is 0 Å². The van der Waals surface area contributed by atoms with E-state index in [-0.39, 0.29) is 11.4 Å². The first-order valence-corrected chi connectivity index (χ1v) is 7.72. The largest absolute Gasteiger partial charge is 0.323 e. The minimum Gasteiger partial charge on any atom is -0.323 e. The van der Waals surface area contributed by atoms with Crippen molar-refractivity contribution in [2.75, 3.05) is 6.54 Å². The number of hydrogen-bond donors (Lipinski definition) is 3. The Morgan fingerprint density at radius 1 is 1.30 bits per heavy atom. The van der Waals surface area contributed by atoms with Gasteiger partial charge in [0, 0.05) is 12.6 Å². The molecule has 0 fully saturated rings. The minimum absolute atomic E-state index is 0.135. The maximum Gasteiger partial charge on any atom is 0.244 e. The predicted octanol–water partition coefficient (Wildman–Crippen LogP) is 1.00. The molecule has 1 heterocycles. The molecule has 0 amide bonds. The summed E-state index contributed by atoms with van der Waals surface area (Å²) in [5.74, 6) is 0. The van der Waals surface area contributed by atoms with E-state index >= 15 is 0 Å². The van der Waals surface area contributed by atoms with Gasteiger partial charge in [-0.1, -0.05) is 30.3 Å². The second kappa shape index (κ2) is 5.74. The van der Waals surface area contributed by atoms with E-state index in [4.69, 9.17) is 5.73 Å². The second-order valence-corrected chi connectivity index (χ2v) is 6.34. The van der Waals surface area contributed by atoms with Crippen LogP contribution in [0.5, 0.6) is 0 Å². The molecule has 0 spiro atoms. The molecule has 0 aliphatic carbocycles. The molecule has 0 radical (unpaired) electrons. The lowest BCUT2D eigenvalue weighted by molar-refractivity contribution is 0.571. The molecule has 0 unspecified atom stereocenters. The fraction of sp³-hybridized carbons (Fsp3) is 0.308. The van der Waals surface area contributed by atoms with Crippen LogP contribution in [0.25, 0.3) is 0 Å². The number of aromatic amines is 1. The Labute approximate surface area is 118 Å². The quantitative estimate of drug-likeness (QED) is 0.766. The lowest BCUT2D eigenvalue weighted by atomic mass is 10.1. The number of rotatable bonds is 5. The van der Waals surface area contributed by atoms with Crippen LogP contribution in [0, 0.1) is 13.8 Å². The number of nitrogens with zero attached hydrogens (tertiary/aromatic N) is 1. The van der Waals surface area contributed by atoms with Gasteiger partial charge in [0.2, 0.25) is 10.0 Å². The zero-order chi connectivity index (χ0) is 14.8. The number of H-pyrrole nitrogens is 1. The van der Waals surface area contributed by atoms with Gasteiger partial charge in [0.05, 0.1) is 11.4 Å². The maximum absolute atomic E-state index is 12.2. The molecule has 6 nitrogen and oxygen atoms in total. The lowest BCUT2D eigenvalue weighted by Gasteiger charge is -2.13. The Morgan fingerprint density at radius 3 is 2.50 bits per heavy atom. The number of benzene rings is 1. The molecule has 2 aromatic rings. The summed E-state index contributed by atoms with van der Waals surface area (Å²) >= 11 is 0. The van der Waals surface area contributed by atoms with E-state index in [1.807, 2.05) is 30.3 Å². The first-order valence-electron chi connectivity index (χ1n) is 6.23. The van der Waals surface area contributed by atoms with Crippen LogP contribution in [-0.2, 0) is 10.0 Å². The Bertz CT molecular complexity index is 660. The van der Waals surface area contributed by atoms with Crippen LogP contribution in [-0.4, -0.2) is 25.2 Å². The van der Waals surface area contributed by atoms with Crippen molar-refractivity contribution in [1.29, 1.82) is 0 Å². The number of nitrogens with one attached hydrogen (secondary N) is 2.